The SMILES string of the molecule is Cc1c(F)cc(C(F)(F)F)cc1OC(F)(F)F. The molecule has 0 spiro atoms. The van der Waals surface area contributed by atoms with E-state index in [0.29, 0.717) is 0 Å². The highest BCUT2D eigenvalue weighted by molar-refractivity contribution is 5.39. The fourth-order valence-corrected chi connectivity index (χ4v) is 1.05. The molecule has 8 heteroatoms. The first-order chi connectivity index (χ1) is 7.50. The van der Waals surface area contributed by atoms with Gasteiger partial charge in [0.15, 0.2) is 0 Å². The first-order valence-corrected chi connectivity index (χ1v) is 4.14. The third-order valence-corrected chi connectivity index (χ3v) is 1.85. The number of rotatable bonds is 1. The molecule has 1 aromatic rings. The number of alkyl halides is 6. The molecule has 0 aliphatic heterocycles. The fraction of sp³-hybridized carbons (Fsp3) is 0.333. The highest BCUT2D eigenvalue weighted by Gasteiger charge is 2.36. The van der Waals surface area contributed by atoms with E-state index in [1.54, 1.807) is 0 Å². The van der Waals surface area contributed by atoms with Gasteiger partial charge in [0.25, 0.3) is 0 Å². The smallest absolute Gasteiger partial charge is 0.405 e. The summed E-state index contributed by atoms with van der Waals surface area (Å²) in [5.74, 6) is -2.62. The van der Waals surface area contributed by atoms with Crippen molar-refractivity contribution in [2.24, 2.45) is 0 Å². The predicted octanol–water partition coefficient (Wildman–Crippen LogP) is 4.05. The molecule has 0 N–H and O–H groups in total. The molecule has 0 saturated heterocycles. The van der Waals surface area contributed by atoms with E-state index in [-0.39, 0.29) is 12.1 Å². The van der Waals surface area contributed by atoms with Gasteiger partial charge in [0.1, 0.15) is 11.6 Å². The Morgan fingerprint density at radius 2 is 1.53 bits per heavy atom. The van der Waals surface area contributed by atoms with E-state index in [0.717, 1.165) is 6.92 Å². The van der Waals surface area contributed by atoms with Gasteiger partial charge in [-0.25, -0.2) is 4.39 Å². The van der Waals surface area contributed by atoms with Crippen LogP contribution < -0.4 is 4.74 Å². The number of benzene rings is 1. The molecule has 1 nitrogen and oxygen atoms in total. The Bertz CT molecular complexity index is 419. The summed E-state index contributed by atoms with van der Waals surface area (Å²) in [4.78, 5) is 0. The molecule has 17 heavy (non-hydrogen) atoms. The third-order valence-electron chi connectivity index (χ3n) is 1.85. The lowest BCUT2D eigenvalue weighted by molar-refractivity contribution is -0.275. The molecule has 0 aromatic heterocycles. The van der Waals surface area contributed by atoms with Crippen LogP contribution >= 0.6 is 0 Å². The molecule has 0 amide bonds. The zero-order chi connectivity index (χ0) is 13.4. The lowest BCUT2D eigenvalue weighted by Gasteiger charge is -2.14. The van der Waals surface area contributed by atoms with Crippen molar-refractivity contribution in [2.75, 3.05) is 0 Å². The Balaban J connectivity index is 3.26. The van der Waals surface area contributed by atoms with Crippen molar-refractivity contribution in [2.45, 2.75) is 19.5 Å². The minimum Gasteiger partial charge on any atom is -0.405 e. The summed E-state index contributed by atoms with van der Waals surface area (Å²) in [6.07, 6.45) is -10.1. The van der Waals surface area contributed by atoms with E-state index in [1.807, 2.05) is 0 Å². The summed E-state index contributed by atoms with van der Waals surface area (Å²) in [6.45, 7) is 0.885. The van der Waals surface area contributed by atoms with Gasteiger partial charge in [-0.2, -0.15) is 13.2 Å². The number of hydrogen-bond acceptors (Lipinski definition) is 1. The quantitative estimate of drug-likeness (QED) is 0.694. The molecule has 0 unspecified atom stereocenters. The van der Waals surface area contributed by atoms with Crippen molar-refractivity contribution in [1.82, 2.24) is 0 Å². The molecule has 0 atom stereocenters. The Hall–Kier alpha value is -1.47. The molecule has 0 heterocycles. The van der Waals surface area contributed by atoms with Gasteiger partial charge in [-0.3, -0.25) is 0 Å². The van der Waals surface area contributed by atoms with Crippen LogP contribution in [0.25, 0.3) is 0 Å². The normalized spacial score (nSPS) is 12.7. The summed E-state index contributed by atoms with van der Waals surface area (Å²) in [5.41, 5.74) is -2.19. The first-order valence-electron chi connectivity index (χ1n) is 4.14. The summed E-state index contributed by atoms with van der Waals surface area (Å²) in [6, 6.07) is 0.213. The van der Waals surface area contributed by atoms with Gasteiger partial charge < -0.3 is 4.74 Å². The molecule has 0 saturated carbocycles. The molecule has 0 aliphatic carbocycles. The third kappa shape index (κ3) is 3.50. The van der Waals surface area contributed by atoms with Crippen LogP contribution in [-0.2, 0) is 6.18 Å². The molecule has 0 radical (unpaired) electrons. The van der Waals surface area contributed by atoms with E-state index in [1.165, 1.54) is 0 Å². The predicted molar refractivity (Wildman–Crippen MR) is 42.8 cm³/mol. The van der Waals surface area contributed by atoms with E-state index < -0.39 is 35.2 Å². The zero-order valence-electron chi connectivity index (χ0n) is 8.21. The fourth-order valence-electron chi connectivity index (χ4n) is 1.05. The molecule has 0 bridgehead atoms. The van der Waals surface area contributed by atoms with Gasteiger partial charge in [-0.15, -0.1) is 13.2 Å². The Morgan fingerprint density at radius 3 is 1.94 bits per heavy atom. The van der Waals surface area contributed by atoms with Crippen LogP contribution in [0.1, 0.15) is 11.1 Å². The summed E-state index contributed by atoms with van der Waals surface area (Å²) < 4.78 is 88.5. The average Bonchev–Trinajstić information content (AvgIpc) is 2.08. The second kappa shape index (κ2) is 4.08. The van der Waals surface area contributed by atoms with Crippen LogP contribution in [0.4, 0.5) is 30.7 Å². The monoisotopic (exact) mass is 262 g/mol. The zero-order valence-corrected chi connectivity index (χ0v) is 8.21. The first kappa shape index (κ1) is 13.6. The topological polar surface area (TPSA) is 9.23 Å². The highest BCUT2D eigenvalue weighted by Crippen LogP contribution is 2.36. The van der Waals surface area contributed by atoms with Crippen LogP contribution in [0.5, 0.6) is 5.75 Å². The van der Waals surface area contributed by atoms with Gasteiger partial charge in [-0.05, 0) is 19.1 Å². The highest BCUT2D eigenvalue weighted by atomic mass is 19.4. The second-order valence-electron chi connectivity index (χ2n) is 3.13. The van der Waals surface area contributed by atoms with Crippen LogP contribution in [0, 0.1) is 12.7 Å². The van der Waals surface area contributed by atoms with Crippen molar-refractivity contribution in [3.8, 4) is 5.75 Å². The van der Waals surface area contributed by atoms with Crippen LogP contribution in [0.2, 0.25) is 0 Å². The lowest BCUT2D eigenvalue weighted by atomic mass is 10.1. The standard InChI is InChI=1S/C9H5F7O/c1-4-6(10)2-5(8(11,12)13)3-7(4)17-9(14,15)16/h2-3H,1H3. The van der Waals surface area contributed by atoms with Crippen molar-refractivity contribution >= 4 is 0 Å². The van der Waals surface area contributed by atoms with Crippen molar-refractivity contribution in [3.63, 3.8) is 0 Å². The van der Waals surface area contributed by atoms with Crippen molar-refractivity contribution < 1.29 is 35.5 Å². The molecular formula is C9H5F7O. The molecule has 0 aliphatic rings. The lowest BCUT2D eigenvalue weighted by Crippen LogP contribution is -2.19. The number of ether oxygens (including phenoxy) is 1. The molecule has 1 aromatic carbocycles. The Labute approximate surface area is 90.8 Å². The van der Waals surface area contributed by atoms with Crippen LogP contribution in [0.3, 0.4) is 0 Å². The number of halogens is 7. The molecular weight excluding hydrogens is 257 g/mol. The van der Waals surface area contributed by atoms with Gasteiger partial charge in [0.2, 0.25) is 0 Å². The Morgan fingerprint density at radius 1 is 1.00 bits per heavy atom. The van der Waals surface area contributed by atoms with Crippen molar-refractivity contribution in [3.05, 3.63) is 29.1 Å². The van der Waals surface area contributed by atoms with Crippen molar-refractivity contribution in [1.29, 1.82) is 0 Å². The minimum absolute atomic E-state index is 0.103. The largest absolute Gasteiger partial charge is 0.573 e. The number of hydrogen-bond donors (Lipinski definition) is 0. The maximum atomic E-state index is 13.0. The van der Waals surface area contributed by atoms with E-state index in [2.05, 4.69) is 4.74 Å². The maximum Gasteiger partial charge on any atom is 0.573 e. The molecule has 96 valence electrons. The minimum atomic E-state index is -5.18. The van der Waals surface area contributed by atoms with Crippen LogP contribution in [0.15, 0.2) is 12.1 Å². The second-order valence-corrected chi connectivity index (χ2v) is 3.13. The van der Waals surface area contributed by atoms with Gasteiger partial charge >= 0.3 is 12.5 Å². The average molecular weight is 262 g/mol. The molecule has 1 rings (SSSR count). The van der Waals surface area contributed by atoms with Gasteiger partial charge in [0, 0.05) is 5.56 Å². The summed E-state index contributed by atoms with van der Waals surface area (Å²) in [5, 5.41) is 0. The molecule has 0 fully saturated rings. The van der Waals surface area contributed by atoms with Gasteiger partial charge in [0.05, 0.1) is 5.56 Å². The van der Waals surface area contributed by atoms with Gasteiger partial charge in [-0.1, -0.05) is 0 Å². The Kier molecular flexibility index (Phi) is 3.26. The van der Waals surface area contributed by atoms with Crippen LogP contribution in [-0.4, -0.2) is 6.36 Å². The van der Waals surface area contributed by atoms with E-state index >= 15 is 0 Å². The summed E-state index contributed by atoms with van der Waals surface area (Å²) >= 11 is 0. The summed E-state index contributed by atoms with van der Waals surface area (Å²) in [7, 11) is 0. The van der Waals surface area contributed by atoms with E-state index in [4.69, 9.17) is 0 Å². The maximum absolute atomic E-state index is 13.0. The van der Waals surface area contributed by atoms with E-state index in [9.17, 15) is 30.7 Å².